The minimum Gasteiger partial charge on any atom is -0.368 e. The summed E-state index contributed by atoms with van der Waals surface area (Å²) >= 11 is 6.82. The molecule has 0 spiro atoms. The fourth-order valence-corrected chi connectivity index (χ4v) is 2.96. The van der Waals surface area contributed by atoms with E-state index < -0.39 is 0 Å². The molecule has 0 radical (unpaired) electrons. The van der Waals surface area contributed by atoms with Gasteiger partial charge in [0.2, 0.25) is 5.95 Å². The highest BCUT2D eigenvalue weighted by atomic mass is 79.9. The predicted molar refractivity (Wildman–Crippen MR) is 88.3 cm³/mol. The first kappa shape index (κ1) is 14.1. The Bertz CT molecular complexity index is 793. The number of anilines is 1. The molecule has 0 aliphatic heterocycles. The highest BCUT2D eigenvalue weighted by Gasteiger charge is 2.12. The van der Waals surface area contributed by atoms with Crippen LogP contribution in [0.1, 0.15) is 0 Å². The third-order valence-corrected chi connectivity index (χ3v) is 3.74. The molecule has 0 saturated heterocycles. The Morgan fingerprint density at radius 1 is 0.905 bits per heavy atom. The van der Waals surface area contributed by atoms with Crippen LogP contribution in [-0.4, -0.2) is 19.9 Å². The van der Waals surface area contributed by atoms with Crippen molar-refractivity contribution in [3.63, 3.8) is 0 Å². The lowest BCUT2D eigenvalue weighted by Gasteiger charge is -2.06. The molecule has 104 valence electrons. The zero-order chi connectivity index (χ0) is 14.8. The second-order valence-electron chi connectivity index (χ2n) is 4.19. The number of halogens is 2. The van der Waals surface area contributed by atoms with Crippen molar-refractivity contribution in [1.29, 1.82) is 0 Å². The monoisotopic (exact) mass is 405 g/mol. The molecule has 0 amide bonds. The molecule has 0 atom stereocenters. The zero-order valence-corrected chi connectivity index (χ0v) is 13.8. The molecule has 7 heteroatoms. The van der Waals surface area contributed by atoms with Crippen molar-refractivity contribution in [1.82, 2.24) is 19.9 Å². The van der Waals surface area contributed by atoms with E-state index in [0.717, 1.165) is 14.5 Å². The SMILES string of the molecule is Nc1nc(-c2ccccc2)nc(-c2ncc(Br)cc2Br)n1. The van der Waals surface area contributed by atoms with Crippen LogP contribution in [0.25, 0.3) is 22.9 Å². The van der Waals surface area contributed by atoms with E-state index in [1.807, 2.05) is 36.4 Å². The fourth-order valence-electron chi connectivity index (χ4n) is 1.79. The Kier molecular flexibility index (Phi) is 3.94. The number of rotatable bonds is 2. The number of pyridine rings is 1. The van der Waals surface area contributed by atoms with Crippen molar-refractivity contribution in [3.8, 4) is 22.9 Å². The summed E-state index contributed by atoms with van der Waals surface area (Å²) in [5.74, 6) is 1.12. The van der Waals surface area contributed by atoms with Gasteiger partial charge in [0, 0.05) is 20.7 Å². The van der Waals surface area contributed by atoms with Gasteiger partial charge in [-0.1, -0.05) is 30.3 Å². The summed E-state index contributed by atoms with van der Waals surface area (Å²) in [6.45, 7) is 0. The van der Waals surface area contributed by atoms with Crippen molar-refractivity contribution in [3.05, 3.63) is 51.5 Å². The summed E-state index contributed by atoms with van der Waals surface area (Å²) in [5.41, 5.74) is 7.29. The van der Waals surface area contributed by atoms with E-state index in [1.165, 1.54) is 0 Å². The van der Waals surface area contributed by atoms with Gasteiger partial charge in [0.1, 0.15) is 5.69 Å². The summed E-state index contributed by atoms with van der Waals surface area (Å²) < 4.78 is 1.64. The molecule has 3 aromatic rings. The highest BCUT2D eigenvalue weighted by Crippen LogP contribution is 2.27. The van der Waals surface area contributed by atoms with E-state index in [0.29, 0.717) is 17.3 Å². The molecule has 0 fully saturated rings. The molecule has 21 heavy (non-hydrogen) atoms. The number of aromatic nitrogens is 4. The molecular weight excluding hydrogens is 398 g/mol. The van der Waals surface area contributed by atoms with Gasteiger partial charge < -0.3 is 5.73 Å². The van der Waals surface area contributed by atoms with Gasteiger partial charge in [-0.3, -0.25) is 4.98 Å². The summed E-state index contributed by atoms with van der Waals surface area (Å²) in [5, 5.41) is 0. The average Bonchev–Trinajstić information content (AvgIpc) is 2.47. The quantitative estimate of drug-likeness (QED) is 0.701. The number of hydrogen-bond acceptors (Lipinski definition) is 5. The first-order valence-electron chi connectivity index (χ1n) is 6.02. The van der Waals surface area contributed by atoms with Gasteiger partial charge in [0.15, 0.2) is 11.6 Å². The number of nitrogens with two attached hydrogens (primary N) is 1. The molecule has 0 aliphatic rings. The van der Waals surface area contributed by atoms with E-state index in [9.17, 15) is 0 Å². The van der Waals surface area contributed by atoms with Gasteiger partial charge >= 0.3 is 0 Å². The Morgan fingerprint density at radius 2 is 1.62 bits per heavy atom. The van der Waals surface area contributed by atoms with Crippen LogP contribution in [0.15, 0.2) is 51.5 Å². The second-order valence-corrected chi connectivity index (χ2v) is 5.96. The maximum Gasteiger partial charge on any atom is 0.224 e. The minimum atomic E-state index is 0.162. The van der Waals surface area contributed by atoms with Gasteiger partial charge in [-0.05, 0) is 37.9 Å². The molecule has 0 bridgehead atoms. The van der Waals surface area contributed by atoms with E-state index >= 15 is 0 Å². The van der Waals surface area contributed by atoms with Gasteiger partial charge in [0.05, 0.1) is 0 Å². The molecule has 0 unspecified atom stereocenters. The van der Waals surface area contributed by atoms with Crippen molar-refractivity contribution < 1.29 is 0 Å². The molecular formula is C14H9Br2N5. The third kappa shape index (κ3) is 3.08. The normalized spacial score (nSPS) is 10.6. The van der Waals surface area contributed by atoms with E-state index in [-0.39, 0.29) is 5.95 Å². The molecule has 2 heterocycles. The summed E-state index contributed by atoms with van der Waals surface area (Å²) in [6, 6.07) is 11.5. The van der Waals surface area contributed by atoms with Crippen LogP contribution < -0.4 is 5.73 Å². The smallest absolute Gasteiger partial charge is 0.224 e. The Labute approximate surface area is 137 Å². The molecule has 3 rings (SSSR count). The van der Waals surface area contributed by atoms with Gasteiger partial charge in [-0.25, -0.2) is 4.98 Å². The average molecular weight is 407 g/mol. The Balaban J connectivity index is 2.14. The first-order chi connectivity index (χ1) is 10.1. The number of nitrogens with zero attached hydrogens (tertiary/aromatic N) is 4. The highest BCUT2D eigenvalue weighted by molar-refractivity contribution is 9.11. The molecule has 2 N–H and O–H groups in total. The van der Waals surface area contributed by atoms with Crippen LogP contribution in [0.2, 0.25) is 0 Å². The first-order valence-corrected chi connectivity index (χ1v) is 7.60. The molecule has 2 aromatic heterocycles. The number of nitrogen functional groups attached to an aromatic ring is 1. The summed E-state index contributed by atoms with van der Waals surface area (Å²) in [7, 11) is 0. The lowest BCUT2D eigenvalue weighted by molar-refractivity contribution is 1.06. The fraction of sp³-hybridized carbons (Fsp3) is 0. The topological polar surface area (TPSA) is 77.6 Å². The molecule has 1 aromatic carbocycles. The molecule has 0 aliphatic carbocycles. The predicted octanol–water partition coefficient (Wildman–Crippen LogP) is 3.71. The van der Waals surface area contributed by atoms with Crippen LogP contribution in [0.3, 0.4) is 0 Å². The molecule has 5 nitrogen and oxygen atoms in total. The maximum atomic E-state index is 5.80. The summed E-state index contributed by atoms with van der Waals surface area (Å²) in [6.07, 6.45) is 1.68. The van der Waals surface area contributed by atoms with Crippen molar-refractivity contribution in [2.45, 2.75) is 0 Å². The van der Waals surface area contributed by atoms with Gasteiger partial charge in [-0.15, -0.1) is 0 Å². The van der Waals surface area contributed by atoms with E-state index in [1.54, 1.807) is 6.20 Å². The lowest BCUT2D eigenvalue weighted by atomic mass is 10.2. The van der Waals surface area contributed by atoms with Gasteiger partial charge in [-0.2, -0.15) is 9.97 Å². The van der Waals surface area contributed by atoms with Crippen LogP contribution in [0.5, 0.6) is 0 Å². The molecule has 0 saturated carbocycles. The van der Waals surface area contributed by atoms with Crippen LogP contribution >= 0.6 is 31.9 Å². The number of hydrogen-bond donors (Lipinski definition) is 1. The van der Waals surface area contributed by atoms with Crippen LogP contribution in [0.4, 0.5) is 5.95 Å². The van der Waals surface area contributed by atoms with E-state index in [2.05, 4.69) is 51.8 Å². The van der Waals surface area contributed by atoms with Crippen LogP contribution in [-0.2, 0) is 0 Å². The Morgan fingerprint density at radius 3 is 2.33 bits per heavy atom. The van der Waals surface area contributed by atoms with Crippen LogP contribution in [0, 0.1) is 0 Å². The van der Waals surface area contributed by atoms with E-state index in [4.69, 9.17) is 5.73 Å². The lowest BCUT2D eigenvalue weighted by Crippen LogP contribution is -2.03. The van der Waals surface area contributed by atoms with Crippen molar-refractivity contribution >= 4 is 37.8 Å². The second kappa shape index (κ2) is 5.87. The summed E-state index contributed by atoms with van der Waals surface area (Å²) in [4.78, 5) is 17.1. The zero-order valence-electron chi connectivity index (χ0n) is 10.7. The standard InChI is InChI=1S/C14H9Br2N5/c15-9-6-10(16)11(18-7-9)13-19-12(20-14(17)21-13)8-4-2-1-3-5-8/h1-7H,(H2,17,19,20,21). The number of benzene rings is 1. The van der Waals surface area contributed by atoms with Crippen molar-refractivity contribution in [2.75, 3.05) is 5.73 Å². The Hall–Kier alpha value is -1.86. The van der Waals surface area contributed by atoms with Gasteiger partial charge in [0.25, 0.3) is 0 Å². The third-order valence-electron chi connectivity index (χ3n) is 2.70. The minimum absolute atomic E-state index is 0.162. The van der Waals surface area contributed by atoms with Crippen molar-refractivity contribution in [2.24, 2.45) is 0 Å². The maximum absolute atomic E-state index is 5.80. The largest absolute Gasteiger partial charge is 0.368 e.